The van der Waals surface area contributed by atoms with Crippen LogP contribution in [0.4, 0.5) is 0 Å². The number of ether oxygens (including phenoxy) is 1. The van der Waals surface area contributed by atoms with E-state index in [9.17, 15) is 5.11 Å². The molecule has 1 saturated carbocycles. The molecule has 0 amide bonds. The lowest BCUT2D eigenvalue weighted by molar-refractivity contribution is 0.131. The zero-order chi connectivity index (χ0) is 13.7. The zero-order valence-corrected chi connectivity index (χ0v) is 14.9. The second-order valence-electron chi connectivity index (χ2n) is 5.94. The van der Waals surface area contributed by atoms with Crippen LogP contribution in [0.1, 0.15) is 33.1 Å². The van der Waals surface area contributed by atoms with Gasteiger partial charge in [-0.25, -0.2) is 0 Å². The molecule has 3 atom stereocenters. The summed E-state index contributed by atoms with van der Waals surface area (Å²) in [6.45, 7) is 7.65. The third-order valence-electron chi connectivity index (χ3n) is 4.18. The molecular weight excluding hydrogens is 369 g/mol. The van der Waals surface area contributed by atoms with Crippen molar-refractivity contribution in [1.29, 1.82) is 0 Å². The van der Waals surface area contributed by atoms with E-state index in [1.54, 1.807) is 0 Å². The molecule has 0 aromatic heterocycles. The molecule has 20 heavy (non-hydrogen) atoms. The number of guanidine groups is 1. The molecule has 1 aliphatic carbocycles. The van der Waals surface area contributed by atoms with Gasteiger partial charge in [0, 0.05) is 31.2 Å². The van der Waals surface area contributed by atoms with Gasteiger partial charge in [0.15, 0.2) is 5.96 Å². The lowest BCUT2D eigenvalue weighted by Crippen LogP contribution is -2.40. The Kier molecular flexibility index (Phi) is 7.53. The van der Waals surface area contributed by atoms with Crippen molar-refractivity contribution in [2.45, 2.75) is 39.2 Å². The van der Waals surface area contributed by atoms with Crippen LogP contribution < -0.4 is 10.6 Å². The Hall–Kier alpha value is -0.0800. The number of hydrogen-bond donors (Lipinski definition) is 3. The van der Waals surface area contributed by atoms with Crippen LogP contribution in [-0.2, 0) is 4.74 Å². The molecule has 1 aliphatic heterocycles. The lowest BCUT2D eigenvalue weighted by Gasteiger charge is -2.24. The highest BCUT2D eigenvalue weighted by atomic mass is 127. The van der Waals surface area contributed by atoms with Gasteiger partial charge < -0.3 is 20.5 Å². The van der Waals surface area contributed by atoms with Crippen LogP contribution in [0.15, 0.2) is 4.99 Å². The Bertz CT molecular complexity index is 320. The minimum Gasteiger partial charge on any atom is -0.396 e. The third kappa shape index (κ3) is 5.04. The van der Waals surface area contributed by atoms with Crippen molar-refractivity contribution in [3.05, 3.63) is 0 Å². The van der Waals surface area contributed by atoms with Crippen LogP contribution in [0.3, 0.4) is 0 Å². The first kappa shape index (κ1) is 18.0. The molecule has 1 saturated heterocycles. The van der Waals surface area contributed by atoms with E-state index in [0.717, 1.165) is 51.0 Å². The summed E-state index contributed by atoms with van der Waals surface area (Å²) in [6.07, 6.45) is 3.00. The van der Waals surface area contributed by atoms with E-state index in [2.05, 4.69) is 24.5 Å². The number of rotatable bonds is 6. The highest BCUT2D eigenvalue weighted by Crippen LogP contribution is 2.33. The summed E-state index contributed by atoms with van der Waals surface area (Å²) in [5.74, 6) is 1.66. The fraction of sp³-hybridized carbons (Fsp3) is 0.929. The highest BCUT2D eigenvalue weighted by Gasteiger charge is 2.35. The minimum absolute atomic E-state index is 0. The Labute approximate surface area is 139 Å². The SMILES string of the molecule is CCNC(=NCC1(CCO)CCOC1)NC1CC1C.I. The van der Waals surface area contributed by atoms with Crippen molar-refractivity contribution in [2.24, 2.45) is 16.3 Å². The van der Waals surface area contributed by atoms with Crippen LogP contribution in [0, 0.1) is 11.3 Å². The van der Waals surface area contributed by atoms with Gasteiger partial charge in [-0.2, -0.15) is 0 Å². The summed E-state index contributed by atoms with van der Waals surface area (Å²) in [7, 11) is 0. The largest absolute Gasteiger partial charge is 0.396 e. The molecule has 2 fully saturated rings. The number of halogens is 1. The van der Waals surface area contributed by atoms with Gasteiger partial charge in [-0.3, -0.25) is 4.99 Å². The zero-order valence-electron chi connectivity index (χ0n) is 12.5. The molecule has 5 nitrogen and oxygen atoms in total. The fourth-order valence-electron chi connectivity index (χ4n) is 2.55. The molecule has 0 radical (unpaired) electrons. The average molecular weight is 397 g/mol. The molecule has 0 bridgehead atoms. The smallest absolute Gasteiger partial charge is 0.191 e. The molecule has 2 rings (SSSR count). The third-order valence-corrected chi connectivity index (χ3v) is 4.18. The standard InChI is InChI=1S/C14H27N3O2.HI/c1-3-15-13(17-12-8-11(12)2)16-9-14(4-6-18)5-7-19-10-14;/h11-12,18H,3-10H2,1-2H3,(H2,15,16,17);1H. The van der Waals surface area contributed by atoms with Gasteiger partial charge in [0.25, 0.3) is 0 Å². The Morgan fingerprint density at radius 2 is 2.25 bits per heavy atom. The molecule has 0 aromatic rings. The van der Waals surface area contributed by atoms with Crippen LogP contribution in [0.2, 0.25) is 0 Å². The van der Waals surface area contributed by atoms with Crippen LogP contribution >= 0.6 is 24.0 Å². The Morgan fingerprint density at radius 3 is 2.75 bits per heavy atom. The molecule has 6 heteroatoms. The second-order valence-corrected chi connectivity index (χ2v) is 5.94. The van der Waals surface area contributed by atoms with Gasteiger partial charge in [0.1, 0.15) is 0 Å². The van der Waals surface area contributed by atoms with Crippen molar-refractivity contribution in [1.82, 2.24) is 10.6 Å². The number of aliphatic hydroxyl groups excluding tert-OH is 1. The maximum Gasteiger partial charge on any atom is 0.191 e. The maximum atomic E-state index is 9.22. The van der Waals surface area contributed by atoms with Gasteiger partial charge in [-0.15, -0.1) is 24.0 Å². The van der Waals surface area contributed by atoms with Gasteiger partial charge in [0.05, 0.1) is 13.2 Å². The van der Waals surface area contributed by atoms with Crippen molar-refractivity contribution in [3.8, 4) is 0 Å². The van der Waals surface area contributed by atoms with Crippen LogP contribution in [0.25, 0.3) is 0 Å². The van der Waals surface area contributed by atoms with Crippen molar-refractivity contribution >= 4 is 29.9 Å². The predicted molar refractivity (Wildman–Crippen MR) is 91.7 cm³/mol. The van der Waals surface area contributed by atoms with E-state index >= 15 is 0 Å². The first-order valence-corrected chi connectivity index (χ1v) is 7.42. The molecule has 118 valence electrons. The average Bonchev–Trinajstić information content (AvgIpc) is 2.90. The number of aliphatic hydroxyl groups is 1. The van der Waals surface area contributed by atoms with E-state index in [1.807, 2.05) is 0 Å². The molecule has 0 aromatic carbocycles. The molecule has 3 unspecified atom stereocenters. The van der Waals surface area contributed by atoms with Gasteiger partial charge in [-0.1, -0.05) is 6.92 Å². The predicted octanol–water partition coefficient (Wildman–Crippen LogP) is 1.36. The molecule has 1 heterocycles. The summed E-state index contributed by atoms with van der Waals surface area (Å²) < 4.78 is 5.49. The summed E-state index contributed by atoms with van der Waals surface area (Å²) in [4.78, 5) is 4.70. The quantitative estimate of drug-likeness (QED) is 0.360. The summed E-state index contributed by atoms with van der Waals surface area (Å²) in [6, 6.07) is 0.575. The summed E-state index contributed by atoms with van der Waals surface area (Å²) >= 11 is 0. The van der Waals surface area contributed by atoms with E-state index in [0.29, 0.717) is 6.04 Å². The normalized spacial score (nSPS) is 32.6. The lowest BCUT2D eigenvalue weighted by atomic mass is 9.84. The topological polar surface area (TPSA) is 65.9 Å². The first-order chi connectivity index (χ1) is 9.19. The molecule has 0 spiro atoms. The van der Waals surface area contributed by atoms with Gasteiger partial charge >= 0.3 is 0 Å². The Morgan fingerprint density at radius 1 is 1.50 bits per heavy atom. The van der Waals surface area contributed by atoms with Crippen LogP contribution in [-0.4, -0.2) is 50.0 Å². The summed E-state index contributed by atoms with van der Waals surface area (Å²) in [5, 5.41) is 16.0. The van der Waals surface area contributed by atoms with E-state index in [1.165, 1.54) is 6.42 Å². The number of nitrogens with zero attached hydrogens (tertiary/aromatic N) is 1. The van der Waals surface area contributed by atoms with Gasteiger partial charge in [-0.05, 0) is 32.1 Å². The van der Waals surface area contributed by atoms with Crippen molar-refractivity contribution in [2.75, 3.05) is 32.9 Å². The summed E-state index contributed by atoms with van der Waals surface area (Å²) in [5.41, 5.74) is 0.0340. The molecule has 3 N–H and O–H groups in total. The van der Waals surface area contributed by atoms with E-state index in [4.69, 9.17) is 9.73 Å². The van der Waals surface area contributed by atoms with Crippen LogP contribution in [0.5, 0.6) is 0 Å². The Balaban J connectivity index is 0.00000200. The van der Waals surface area contributed by atoms with E-state index < -0.39 is 0 Å². The number of aliphatic imine (C=N–C) groups is 1. The maximum absolute atomic E-state index is 9.22. The molecular formula is C14H28IN3O2. The van der Waals surface area contributed by atoms with Crippen molar-refractivity contribution in [3.63, 3.8) is 0 Å². The number of hydrogen-bond acceptors (Lipinski definition) is 3. The number of nitrogens with one attached hydrogen (secondary N) is 2. The first-order valence-electron chi connectivity index (χ1n) is 7.42. The highest BCUT2D eigenvalue weighted by molar-refractivity contribution is 14.0. The monoisotopic (exact) mass is 397 g/mol. The minimum atomic E-state index is 0. The van der Waals surface area contributed by atoms with E-state index in [-0.39, 0.29) is 36.0 Å². The van der Waals surface area contributed by atoms with Gasteiger partial charge in [0.2, 0.25) is 0 Å². The molecule has 2 aliphatic rings. The van der Waals surface area contributed by atoms with Crippen molar-refractivity contribution < 1.29 is 9.84 Å². The fourth-order valence-corrected chi connectivity index (χ4v) is 2.55. The second kappa shape index (κ2) is 8.38.